The minimum Gasteiger partial charge on any atom is -0.361 e. The van der Waals surface area contributed by atoms with Crippen molar-refractivity contribution in [1.82, 2.24) is 15.2 Å². The summed E-state index contributed by atoms with van der Waals surface area (Å²) in [5.41, 5.74) is 1.76. The summed E-state index contributed by atoms with van der Waals surface area (Å²) in [5, 5.41) is 21.9. The summed E-state index contributed by atoms with van der Waals surface area (Å²) in [6.07, 6.45) is 4.09. The van der Waals surface area contributed by atoms with Gasteiger partial charge in [0.2, 0.25) is 5.13 Å². The zero-order chi connectivity index (χ0) is 16.2. The average molecular weight is 323 g/mol. The molecular formula is C16H13N5OS. The highest BCUT2D eigenvalue weighted by molar-refractivity contribution is 7.15. The van der Waals surface area contributed by atoms with Crippen LogP contribution in [0.5, 0.6) is 0 Å². The van der Waals surface area contributed by atoms with Crippen LogP contribution in [0.3, 0.4) is 0 Å². The molecule has 114 valence electrons. The number of anilines is 1. The highest BCUT2D eigenvalue weighted by Crippen LogP contribution is 2.21. The fraction of sp³-hybridized carbons (Fsp3) is 0.125. The Morgan fingerprint density at radius 2 is 2.26 bits per heavy atom. The van der Waals surface area contributed by atoms with E-state index in [0.717, 1.165) is 27.9 Å². The van der Waals surface area contributed by atoms with Gasteiger partial charge in [-0.05, 0) is 18.6 Å². The number of aryl methyl sites for hydroxylation is 1. The third-order valence-electron chi connectivity index (χ3n) is 3.28. The van der Waals surface area contributed by atoms with Crippen LogP contribution in [0.2, 0.25) is 0 Å². The van der Waals surface area contributed by atoms with Gasteiger partial charge in [0.15, 0.2) is 0 Å². The summed E-state index contributed by atoms with van der Waals surface area (Å²) in [7, 11) is 0. The molecule has 0 aliphatic carbocycles. The van der Waals surface area contributed by atoms with Crippen molar-refractivity contribution in [3.05, 3.63) is 46.6 Å². The molecule has 0 fully saturated rings. The van der Waals surface area contributed by atoms with Gasteiger partial charge >= 0.3 is 0 Å². The number of para-hydroxylation sites is 1. The van der Waals surface area contributed by atoms with Crippen LogP contribution in [-0.2, 0) is 11.2 Å². The van der Waals surface area contributed by atoms with E-state index in [9.17, 15) is 10.1 Å². The minimum absolute atomic E-state index is 0.0167. The lowest BCUT2D eigenvalue weighted by molar-refractivity contribution is -0.112. The molecule has 6 nitrogen and oxygen atoms in total. The first-order chi connectivity index (χ1) is 11.2. The fourth-order valence-electron chi connectivity index (χ4n) is 2.13. The van der Waals surface area contributed by atoms with Crippen LogP contribution in [0.25, 0.3) is 17.0 Å². The molecule has 0 bridgehead atoms. The number of rotatable bonds is 4. The number of nitrogens with one attached hydrogen (secondary N) is 2. The molecule has 0 unspecified atom stereocenters. The lowest BCUT2D eigenvalue weighted by atomic mass is 10.1. The van der Waals surface area contributed by atoms with Gasteiger partial charge in [0.25, 0.3) is 5.91 Å². The van der Waals surface area contributed by atoms with Crippen molar-refractivity contribution >= 4 is 39.4 Å². The normalized spacial score (nSPS) is 11.4. The molecule has 23 heavy (non-hydrogen) atoms. The second-order valence-electron chi connectivity index (χ2n) is 4.77. The number of nitrogens with zero attached hydrogens (tertiary/aromatic N) is 3. The largest absolute Gasteiger partial charge is 0.361 e. The Balaban J connectivity index is 1.86. The van der Waals surface area contributed by atoms with Crippen molar-refractivity contribution in [1.29, 1.82) is 5.26 Å². The van der Waals surface area contributed by atoms with E-state index < -0.39 is 5.91 Å². The van der Waals surface area contributed by atoms with E-state index >= 15 is 0 Å². The number of carbonyl (C=O) groups is 1. The van der Waals surface area contributed by atoms with Crippen molar-refractivity contribution < 1.29 is 4.79 Å². The Morgan fingerprint density at radius 1 is 1.43 bits per heavy atom. The highest BCUT2D eigenvalue weighted by atomic mass is 32.1. The molecule has 0 atom stereocenters. The minimum atomic E-state index is -0.489. The van der Waals surface area contributed by atoms with Crippen LogP contribution in [-0.4, -0.2) is 21.1 Å². The molecule has 2 N–H and O–H groups in total. The van der Waals surface area contributed by atoms with Crippen LogP contribution in [0, 0.1) is 11.3 Å². The van der Waals surface area contributed by atoms with Crippen molar-refractivity contribution in [2.75, 3.05) is 5.32 Å². The summed E-state index contributed by atoms with van der Waals surface area (Å²) in [4.78, 5) is 15.3. The summed E-state index contributed by atoms with van der Waals surface area (Å²) >= 11 is 1.30. The maximum Gasteiger partial charge on any atom is 0.268 e. The first-order valence-corrected chi connectivity index (χ1v) is 7.84. The lowest BCUT2D eigenvalue weighted by Gasteiger charge is -1.99. The third-order valence-corrected chi connectivity index (χ3v) is 4.26. The maximum atomic E-state index is 12.2. The van der Waals surface area contributed by atoms with E-state index in [1.807, 2.05) is 37.3 Å². The first kappa shape index (κ1) is 14.9. The molecule has 1 amide bonds. The van der Waals surface area contributed by atoms with E-state index in [2.05, 4.69) is 20.5 Å². The second kappa shape index (κ2) is 6.42. The number of benzene rings is 1. The number of H-pyrrole nitrogens is 1. The predicted octanol–water partition coefficient (Wildman–Crippen LogP) is 3.13. The molecule has 0 aliphatic rings. The van der Waals surface area contributed by atoms with Gasteiger partial charge in [-0.1, -0.05) is 36.5 Å². The Kier molecular flexibility index (Phi) is 4.17. The molecule has 0 spiro atoms. The highest BCUT2D eigenvalue weighted by Gasteiger charge is 2.13. The Hall–Kier alpha value is -2.98. The topological polar surface area (TPSA) is 94.5 Å². The quantitative estimate of drug-likeness (QED) is 0.569. The summed E-state index contributed by atoms with van der Waals surface area (Å²) in [5.74, 6) is -0.489. The zero-order valence-electron chi connectivity index (χ0n) is 12.3. The van der Waals surface area contributed by atoms with Crippen molar-refractivity contribution in [2.24, 2.45) is 0 Å². The number of nitriles is 1. The molecule has 7 heteroatoms. The van der Waals surface area contributed by atoms with Gasteiger partial charge in [0.1, 0.15) is 16.6 Å². The van der Waals surface area contributed by atoms with Crippen LogP contribution in [0.15, 0.2) is 36.0 Å². The zero-order valence-corrected chi connectivity index (χ0v) is 13.1. The summed E-state index contributed by atoms with van der Waals surface area (Å²) in [6, 6.07) is 9.64. The van der Waals surface area contributed by atoms with Crippen molar-refractivity contribution in [3.63, 3.8) is 0 Å². The standard InChI is InChI=1S/C16H13N5OS/c1-2-14-20-21-16(23-14)19-15(22)10(8-17)7-11-9-18-13-6-4-3-5-12(11)13/h3-7,9,18H,2H2,1H3,(H,19,21,22). The van der Waals surface area contributed by atoms with E-state index in [4.69, 9.17) is 0 Å². The molecule has 3 aromatic rings. The van der Waals surface area contributed by atoms with Crippen LogP contribution < -0.4 is 5.32 Å². The summed E-state index contributed by atoms with van der Waals surface area (Å²) < 4.78 is 0. The van der Waals surface area contributed by atoms with E-state index in [-0.39, 0.29) is 5.57 Å². The second-order valence-corrected chi connectivity index (χ2v) is 5.83. The Morgan fingerprint density at radius 3 is 3.00 bits per heavy atom. The van der Waals surface area contributed by atoms with Crippen LogP contribution in [0.4, 0.5) is 5.13 Å². The number of aromatic amines is 1. The van der Waals surface area contributed by atoms with Gasteiger partial charge in [-0.2, -0.15) is 5.26 Å². The molecule has 2 aromatic heterocycles. The number of carbonyl (C=O) groups excluding carboxylic acids is 1. The molecule has 0 saturated carbocycles. The monoisotopic (exact) mass is 323 g/mol. The van der Waals surface area contributed by atoms with Crippen LogP contribution >= 0.6 is 11.3 Å². The molecule has 3 rings (SSSR count). The van der Waals surface area contributed by atoms with Crippen molar-refractivity contribution in [2.45, 2.75) is 13.3 Å². The number of aromatic nitrogens is 3. The van der Waals surface area contributed by atoms with Gasteiger partial charge < -0.3 is 4.98 Å². The number of fused-ring (bicyclic) bond motifs is 1. The van der Waals surface area contributed by atoms with E-state index in [1.165, 1.54) is 11.3 Å². The lowest BCUT2D eigenvalue weighted by Crippen LogP contribution is -2.13. The average Bonchev–Trinajstić information content (AvgIpc) is 3.19. The Bertz CT molecular complexity index is 931. The molecular weight excluding hydrogens is 310 g/mol. The van der Waals surface area contributed by atoms with E-state index in [1.54, 1.807) is 12.3 Å². The third kappa shape index (κ3) is 3.12. The van der Waals surface area contributed by atoms with Gasteiger partial charge in [0, 0.05) is 22.7 Å². The SMILES string of the molecule is CCc1nnc(NC(=O)C(C#N)=Cc2c[nH]c3ccccc23)s1. The summed E-state index contributed by atoms with van der Waals surface area (Å²) in [6.45, 7) is 1.96. The van der Waals surface area contributed by atoms with Gasteiger partial charge in [-0.3, -0.25) is 10.1 Å². The van der Waals surface area contributed by atoms with Crippen LogP contribution in [0.1, 0.15) is 17.5 Å². The fourth-order valence-corrected chi connectivity index (χ4v) is 2.80. The molecule has 0 saturated heterocycles. The van der Waals surface area contributed by atoms with Gasteiger partial charge in [0.05, 0.1) is 0 Å². The Labute approximate surface area is 136 Å². The molecule has 0 aliphatic heterocycles. The number of hydrogen-bond acceptors (Lipinski definition) is 5. The van der Waals surface area contributed by atoms with E-state index in [0.29, 0.717) is 5.13 Å². The van der Waals surface area contributed by atoms with Gasteiger partial charge in [-0.15, -0.1) is 10.2 Å². The molecule has 0 radical (unpaired) electrons. The van der Waals surface area contributed by atoms with Crippen molar-refractivity contribution in [3.8, 4) is 6.07 Å². The molecule has 2 heterocycles. The smallest absolute Gasteiger partial charge is 0.268 e. The predicted molar refractivity (Wildman–Crippen MR) is 89.8 cm³/mol. The number of hydrogen-bond donors (Lipinski definition) is 2. The maximum absolute atomic E-state index is 12.2. The number of amides is 1. The first-order valence-electron chi connectivity index (χ1n) is 7.03. The van der Waals surface area contributed by atoms with Gasteiger partial charge in [-0.25, -0.2) is 0 Å². The molecule has 1 aromatic carbocycles.